The molecule has 0 saturated carbocycles. The second kappa shape index (κ2) is 5.87. The molecule has 0 spiro atoms. The summed E-state index contributed by atoms with van der Waals surface area (Å²) in [6, 6.07) is 13.6. The third kappa shape index (κ3) is 3.02. The lowest BCUT2D eigenvalue weighted by molar-refractivity contribution is 0.415. The molecule has 4 heteroatoms. The molecule has 0 bridgehead atoms. The van der Waals surface area contributed by atoms with Crippen LogP contribution in [0.5, 0.6) is 5.75 Å². The van der Waals surface area contributed by atoms with Gasteiger partial charge in [0.05, 0.1) is 12.8 Å². The van der Waals surface area contributed by atoms with Crippen molar-refractivity contribution < 1.29 is 4.74 Å². The molecule has 4 nitrogen and oxygen atoms in total. The summed E-state index contributed by atoms with van der Waals surface area (Å²) in [7, 11) is 3.65. The minimum Gasteiger partial charge on any atom is -0.495 e. The monoisotopic (exact) mass is 253 g/mol. The summed E-state index contributed by atoms with van der Waals surface area (Å²) in [4.78, 5) is 6.05. The largest absolute Gasteiger partial charge is 0.495 e. The van der Waals surface area contributed by atoms with Crippen LogP contribution in [0.1, 0.15) is 11.3 Å². The van der Waals surface area contributed by atoms with Gasteiger partial charge in [-0.15, -0.1) is 0 Å². The van der Waals surface area contributed by atoms with Gasteiger partial charge in [0.1, 0.15) is 17.5 Å². The predicted molar refractivity (Wildman–Crippen MR) is 74.1 cm³/mol. The third-order valence-corrected chi connectivity index (χ3v) is 2.86. The van der Waals surface area contributed by atoms with E-state index in [-0.39, 0.29) is 0 Å². The standard InChI is InChI=1S/C15H15N3O/c1-18(14-5-3-4-6-15(14)19-2)11-12-7-8-17-13(9-12)10-16/h3-9H,11H2,1-2H3. The predicted octanol–water partition coefficient (Wildman–Crippen LogP) is 2.60. The van der Waals surface area contributed by atoms with Gasteiger partial charge in [-0.2, -0.15) is 5.26 Å². The number of rotatable bonds is 4. The molecule has 1 heterocycles. The second-order valence-corrected chi connectivity index (χ2v) is 4.19. The van der Waals surface area contributed by atoms with Gasteiger partial charge in [0.15, 0.2) is 0 Å². The van der Waals surface area contributed by atoms with Crippen LogP contribution in [0, 0.1) is 11.3 Å². The summed E-state index contributed by atoms with van der Waals surface area (Å²) >= 11 is 0. The molecule has 0 radical (unpaired) electrons. The summed E-state index contributed by atoms with van der Waals surface area (Å²) in [5, 5.41) is 8.85. The van der Waals surface area contributed by atoms with Crippen LogP contribution in [0.3, 0.4) is 0 Å². The minimum absolute atomic E-state index is 0.436. The van der Waals surface area contributed by atoms with Gasteiger partial charge in [0.2, 0.25) is 0 Å². The Morgan fingerprint density at radius 1 is 1.32 bits per heavy atom. The first-order valence-corrected chi connectivity index (χ1v) is 5.94. The summed E-state index contributed by atoms with van der Waals surface area (Å²) in [6.45, 7) is 0.692. The van der Waals surface area contributed by atoms with Crippen LogP contribution in [-0.4, -0.2) is 19.1 Å². The molecule has 0 fully saturated rings. The first-order chi connectivity index (χ1) is 9.24. The van der Waals surface area contributed by atoms with Gasteiger partial charge in [-0.05, 0) is 29.8 Å². The van der Waals surface area contributed by atoms with Crippen molar-refractivity contribution in [1.29, 1.82) is 5.26 Å². The topological polar surface area (TPSA) is 49.1 Å². The van der Waals surface area contributed by atoms with Gasteiger partial charge in [0.25, 0.3) is 0 Å². The molecule has 0 unspecified atom stereocenters. The number of benzene rings is 1. The number of pyridine rings is 1. The van der Waals surface area contributed by atoms with Crippen LogP contribution in [0.4, 0.5) is 5.69 Å². The molecule has 19 heavy (non-hydrogen) atoms. The Kier molecular flexibility index (Phi) is 3.99. The normalized spacial score (nSPS) is 9.74. The lowest BCUT2D eigenvalue weighted by Gasteiger charge is -2.21. The van der Waals surface area contributed by atoms with Crippen molar-refractivity contribution >= 4 is 5.69 Å². The van der Waals surface area contributed by atoms with E-state index in [0.717, 1.165) is 17.0 Å². The molecule has 0 N–H and O–H groups in total. The molecule has 2 aromatic rings. The molecule has 0 aliphatic heterocycles. The Hall–Kier alpha value is -2.54. The molecule has 0 aliphatic rings. The first-order valence-electron chi connectivity index (χ1n) is 5.94. The van der Waals surface area contributed by atoms with E-state index in [1.54, 1.807) is 19.4 Å². The average Bonchev–Trinajstić information content (AvgIpc) is 2.47. The van der Waals surface area contributed by atoms with Gasteiger partial charge in [-0.1, -0.05) is 12.1 Å². The zero-order chi connectivity index (χ0) is 13.7. The number of methoxy groups -OCH3 is 1. The summed E-state index contributed by atoms with van der Waals surface area (Å²) in [6.07, 6.45) is 1.66. The van der Waals surface area contributed by atoms with Crippen molar-refractivity contribution in [3.63, 3.8) is 0 Å². The molecule has 1 aromatic carbocycles. The van der Waals surface area contributed by atoms with Gasteiger partial charge >= 0.3 is 0 Å². The Bertz CT molecular complexity index is 604. The number of nitrogens with zero attached hydrogens (tertiary/aromatic N) is 3. The van der Waals surface area contributed by atoms with Crippen molar-refractivity contribution in [3.8, 4) is 11.8 Å². The Morgan fingerprint density at radius 3 is 2.84 bits per heavy atom. The maximum Gasteiger partial charge on any atom is 0.142 e. The summed E-state index contributed by atoms with van der Waals surface area (Å²) < 4.78 is 5.34. The summed E-state index contributed by atoms with van der Waals surface area (Å²) in [5.74, 6) is 0.833. The quantitative estimate of drug-likeness (QED) is 0.840. The van der Waals surface area contributed by atoms with Crippen LogP contribution in [0.25, 0.3) is 0 Å². The van der Waals surface area contributed by atoms with Crippen molar-refractivity contribution in [1.82, 2.24) is 4.98 Å². The Balaban J connectivity index is 2.21. The smallest absolute Gasteiger partial charge is 0.142 e. The van der Waals surface area contributed by atoms with Gasteiger partial charge in [-0.25, -0.2) is 4.98 Å². The molecule has 0 aliphatic carbocycles. The third-order valence-electron chi connectivity index (χ3n) is 2.86. The molecular weight excluding hydrogens is 238 g/mol. The van der Waals surface area contributed by atoms with E-state index in [2.05, 4.69) is 9.88 Å². The molecule has 0 atom stereocenters. The zero-order valence-corrected chi connectivity index (χ0v) is 11.0. The fraction of sp³-hybridized carbons (Fsp3) is 0.200. The molecule has 0 amide bonds. The van der Waals surface area contributed by atoms with Crippen LogP contribution in [0.2, 0.25) is 0 Å². The number of ether oxygens (including phenoxy) is 1. The highest BCUT2D eigenvalue weighted by Gasteiger charge is 2.08. The minimum atomic E-state index is 0.436. The van der Waals surface area contributed by atoms with E-state index in [0.29, 0.717) is 12.2 Å². The highest BCUT2D eigenvalue weighted by molar-refractivity contribution is 5.58. The van der Waals surface area contributed by atoms with Gasteiger partial charge in [-0.3, -0.25) is 0 Å². The molecule has 1 aromatic heterocycles. The SMILES string of the molecule is COc1ccccc1N(C)Cc1ccnc(C#N)c1. The highest BCUT2D eigenvalue weighted by atomic mass is 16.5. The van der Waals surface area contributed by atoms with Crippen LogP contribution < -0.4 is 9.64 Å². The maximum atomic E-state index is 8.85. The Labute approximate surface area is 112 Å². The van der Waals surface area contributed by atoms with Crippen LogP contribution >= 0.6 is 0 Å². The maximum absolute atomic E-state index is 8.85. The summed E-state index contributed by atoms with van der Waals surface area (Å²) in [5.41, 5.74) is 2.49. The number of nitriles is 1. The van der Waals surface area contributed by atoms with E-state index in [4.69, 9.17) is 10.00 Å². The van der Waals surface area contributed by atoms with E-state index in [1.165, 1.54) is 0 Å². The zero-order valence-electron chi connectivity index (χ0n) is 11.0. The van der Waals surface area contributed by atoms with Gasteiger partial charge in [0, 0.05) is 19.8 Å². The highest BCUT2D eigenvalue weighted by Crippen LogP contribution is 2.27. The fourth-order valence-electron chi connectivity index (χ4n) is 1.94. The molecule has 2 rings (SSSR count). The average molecular weight is 253 g/mol. The van der Waals surface area contributed by atoms with Crippen molar-refractivity contribution in [2.24, 2.45) is 0 Å². The van der Waals surface area contributed by atoms with Crippen molar-refractivity contribution in [3.05, 3.63) is 53.9 Å². The molecule has 0 saturated heterocycles. The Morgan fingerprint density at radius 2 is 2.11 bits per heavy atom. The number of para-hydroxylation sites is 2. The van der Waals surface area contributed by atoms with E-state index >= 15 is 0 Å². The van der Waals surface area contributed by atoms with E-state index < -0.39 is 0 Å². The van der Waals surface area contributed by atoms with Crippen LogP contribution in [0.15, 0.2) is 42.6 Å². The van der Waals surface area contributed by atoms with E-state index in [9.17, 15) is 0 Å². The van der Waals surface area contributed by atoms with Crippen molar-refractivity contribution in [2.45, 2.75) is 6.54 Å². The van der Waals surface area contributed by atoms with Crippen LogP contribution in [-0.2, 0) is 6.54 Å². The number of hydrogen-bond acceptors (Lipinski definition) is 4. The molecule has 96 valence electrons. The first kappa shape index (κ1) is 12.9. The van der Waals surface area contributed by atoms with E-state index in [1.807, 2.05) is 43.4 Å². The fourth-order valence-corrected chi connectivity index (χ4v) is 1.94. The second-order valence-electron chi connectivity index (χ2n) is 4.19. The lowest BCUT2D eigenvalue weighted by atomic mass is 10.2. The lowest BCUT2D eigenvalue weighted by Crippen LogP contribution is -2.17. The van der Waals surface area contributed by atoms with Gasteiger partial charge < -0.3 is 9.64 Å². The number of anilines is 1. The van der Waals surface area contributed by atoms with Crippen molar-refractivity contribution in [2.75, 3.05) is 19.1 Å². The molecular formula is C15H15N3O. The number of aromatic nitrogens is 1. The number of hydrogen-bond donors (Lipinski definition) is 0.